The summed E-state index contributed by atoms with van der Waals surface area (Å²) in [5.74, 6) is 0.275. The van der Waals surface area contributed by atoms with Crippen molar-refractivity contribution in [2.24, 2.45) is 0 Å². The number of benzene rings is 3. The molecule has 0 aromatic heterocycles. The number of carbonyl (C=O) groups excluding carboxylic acids is 2. The van der Waals surface area contributed by atoms with Crippen LogP contribution in [0.3, 0.4) is 0 Å². The number of nitrogens with one attached hydrogen (secondary N) is 1. The van der Waals surface area contributed by atoms with Gasteiger partial charge in [0.25, 0.3) is 5.91 Å². The van der Waals surface area contributed by atoms with Crippen LogP contribution in [0.15, 0.2) is 72.8 Å². The highest BCUT2D eigenvalue weighted by Gasteiger charge is 2.21. The standard InChI is InChI=1S/C24H21ClN2O3/c25-18-8-13-22(30-16-17-5-2-1-3-6-17)21(15-18)24(29)26-19-9-11-20(12-10-19)27-14-4-7-23(27)28/h1-3,5-6,8-13,15H,4,7,14,16H2,(H,26,29). The van der Waals surface area contributed by atoms with Crippen LogP contribution in [0.1, 0.15) is 28.8 Å². The molecule has 1 saturated heterocycles. The molecule has 1 aliphatic heterocycles. The predicted octanol–water partition coefficient (Wildman–Crippen LogP) is 5.30. The Bertz CT molecular complexity index is 1050. The lowest BCUT2D eigenvalue weighted by Gasteiger charge is -2.16. The molecular weight excluding hydrogens is 400 g/mol. The first-order chi connectivity index (χ1) is 14.6. The van der Waals surface area contributed by atoms with E-state index in [4.69, 9.17) is 16.3 Å². The predicted molar refractivity (Wildman–Crippen MR) is 118 cm³/mol. The fourth-order valence-electron chi connectivity index (χ4n) is 3.39. The van der Waals surface area contributed by atoms with E-state index in [1.165, 1.54) is 0 Å². The molecule has 1 aliphatic rings. The second-order valence-electron chi connectivity index (χ2n) is 7.06. The van der Waals surface area contributed by atoms with Crippen LogP contribution in [0.25, 0.3) is 0 Å². The first kappa shape index (κ1) is 20.0. The van der Waals surface area contributed by atoms with E-state index in [2.05, 4.69) is 5.32 Å². The van der Waals surface area contributed by atoms with Crippen LogP contribution < -0.4 is 15.0 Å². The molecule has 5 nitrogen and oxygen atoms in total. The molecule has 6 heteroatoms. The summed E-state index contributed by atoms with van der Waals surface area (Å²) in [7, 11) is 0. The number of hydrogen-bond donors (Lipinski definition) is 1. The summed E-state index contributed by atoms with van der Waals surface area (Å²) in [5, 5.41) is 3.33. The maximum absolute atomic E-state index is 12.9. The van der Waals surface area contributed by atoms with E-state index in [-0.39, 0.29) is 11.8 Å². The van der Waals surface area contributed by atoms with Crippen LogP contribution in [-0.2, 0) is 11.4 Å². The largest absolute Gasteiger partial charge is 0.488 e. The van der Waals surface area contributed by atoms with Crippen LogP contribution >= 0.6 is 11.6 Å². The lowest BCUT2D eigenvalue weighted by molar-refractivity contribution is -0.117. The number of hydrogen-bond acceptors (Lipinski definition) is 3. The van der Waals surface area contributed by atoms with Crippen molar-refractivity contribution in [3.63, 3.8) is 0 Å². The van der Waals surface area contributed by atoms with Gasteiger partial charge in [0, 0.05) is 29.4 Å². The van der Waals surface area contributed by atoms with Crippen LogP contribution in [0, 0.1) is 0 Å². The van der Waals surface area contributed by atoms with E-state index in [9.17, 15) is 9.59 Å². The molecule has 3 aromatic carbocycles. The van der Waals surface area contributed by atoms with Gasteiger partial charge in [0.15, 0.2) is 0 Å². The van der Waals surface area contributed by atoms with Gasteiger partial charge in [0.2, 0.25) is 5.91 Å². The van der Waals surface area contributed by atoms with Crippen LogP contribution in [0.5, 0.6) is 5.75 Å². The minimum absolute atomic E-state index is 0.130. The van der Waals surface area contributed by atoms with Crippen LogP contribution in [0.4, 0.5) is 11.4 Å². The molecule has 0 radical (unpaired) electrons. The van der Waals surface area contributed by atoms with Gasteiger partial charge in [-0.2, -0.15) is 0 Å². The number of ether oxygens (including phenoxy) is 1. The molecule has 0 bridgehead atoms. The van der Waals surface area contributed by atoms with Crippen LogP contribution in [-0.4, -0.2) is 18.4 Å². The van der Waals surface area contributed by atoms with Gasteiger partial charge in [-0.25, -0.2) is 0 Å². The summed E-state index contributed by atoms with van der Waals surface area (Å²) < 4.78 is 5.87. The van der Waals surface area contributed by atoms with E-state index in [0.717, 1.165) is 24.2 Å². The first-order valence-corrected chi connectivity index (χ1v) is 10.2. The molecule has 0 aliphatic carbocycles. The zero-order valence-corrected chi connectivity index (χ0v) is 17.1. The van der Waals surface area contributed by atoms with Gasteiger partial charge in [-0.05, 0) is 54.4 Å². The molecule has 1 N–H and O–H groups in total. The minimum Gasteiger partial charge on any atom is -0.488 e. The molecule has 4 rings (SSSR count). The second-order valence-corrected chi connectivity index (χ2v) is 7.50. The average Bonchev–Trinajstić information content (AvgIpc) is 3.20. The third kappa shape index (κ3) is 4.63. The van der Waals surface area contributed by atoms with Crippen molar-refractivity contribution in [2.75, 3.05) is 16.8 Å². The average molecular weight is 421 g/mol. The van der Waals surface area contributed by atoms with Crippen molar-refractivity contribution >= 4 is 34.8 Å². The molecule has 30 heavy (non-hydrogen) atoms. The molecule has 152 valence electrons. The number of rotatable bonds is 6. The summed E-state index contributed by atoms with van der Waals surface area (Å²) in [5.41, 5.74) is 2.83. The molecule has 3 aromatic rings. The van der Waals surface area contributed by atoms with E-state index in [1.54, 1.807) is 35.2 Å². The summed E-state index contributed by atoms with van der Waals surface area (Å²) in [4.78, 5) is 26.5. The molecule has 0 spiro atoms. The van der Waals surface area contributed by atoms with Gasteiger partial charge in [-0.15, -0.1) is 0 Å². The summed E-state index contributed by atoms with van der Waals surface area (Å²) in [6.07, 6.45) is 1.46. The Morgan fingerprint density at radius 2 is 1.80 bits per heavy atom. The van der Waals surface area contributed by atoms with E-state index < -0.39 is 0 Å². The van der Waals surface area contributed by atoms with E-state index in [1.807, 2.05) is 42.5 Å². The zero-order chi connectivity index (χ0) is 20.9. The fraction of sp³-hybridized carbons (Fsp3) is 0.167. The highest BCUT2D eigenvalue weighted by atomic mass is 35.5. The van der Waals surface area contributed by atoms with Crippen molar-refractivity contribution < 1.29 is 14.3 Å². The molecule has 0 atom stereocenters. The van der Waals surface area contributed by atoms with Crippen LogP contribution in [0.2, 0.25) is 5.02 Å². The number of carbonyl (C=O) groups is 2. The maximum Gasteiger partial charge on any atom is 0.259 e. The number of amides is 2. The van der Waals surface area contributed by atoms with Gasteiger partial charge < -0.3 is 15.0 Å². The molecule has 1 heterocycles. The lowest BCUT2D eigenvalue weighted by Crippen LogP contribution is -2.23. The van der Waals surface area contributed by atoms with E-state index >= 15 is 0 Å². The SMILES string of the molecule is O=C(Nc1ccc(N2CCCC2=O)cc1)c1cc(Cl)ccc1OCc1ccccc1. The number of nitrogens with zero attached hydrogens (tertiary/aromatic N) is 1. The Balaban J connectivity index is 1.47. The third-order valence-corrected chi connectivity index (χ3v) is 5.17. The Kier molecular flexibility index (Phi) is 6.00. The highest BCUT2D eigenvalue weighted by Crippen LogP contribution is 2.26. The Morgan fingerprint density at radius 3 is 2.50 bits per heavy atom. The van der Waals surface area contributed by atoms with Crippen molar-refractivity contribution in [1.29, 1.82) is 0 Å². The summed E-state index contributed by atoms with van der Waals surface area (Å²) >= 11 is 6.12. The Labute approximate surface area is 180 Å². The summed E-state index contributed by atoms with van der Waals surface area (Å²) in [6.45, 7) is 1.08. The monoisotopic (exact) mass is 420 g/mol. The zero-order valence-electron chi connectivity index (χ0n) is 16.3. The van der Waals surface area contributed by atoms with Gasteiger partial charge in [-0.1, -0.05) is 41.9 Å². The van der Waals surface area contributed by atoms with Crippen molar-refractivity contribution in [3.8, 4) is 5.75 Å². The normalized spacial score (nSPS) is 13.4. The van der Waals surface area contributed by atoms with Crippen molar-refractivity contribution in [3.05, 3.63) is 88.9 Å². The van der Waals surface area contributed by atoms with Crippen molar-refractivity contribution in [1.82, 2.24) is 0 Å². The Morgan fingerprint density at radius 1 is 1.03 bits per heavy atom. The molecule has 0 unspecified atom stereocenters. The van der Waals surface area contributed by atoms with Crippen molar-refractivity contribution in [2.45, 2.75) is 19.4 Å². The molecule has 1 fully saturated rings. The Hall–Kier alpha value is -3.31. The number of halogens is 1. The smallest absolute Gasteiger partial charge is 0.259 e. The molecule has 2 amide bonds. The minimum atomic E-state index is -0.314. The van der Waals surface area contributed by atoms with Gasteiger partial charge in [-0.3, -0.25) is 9.59 Å². The summed E-state index contributed by atoms with van der Waals surface area (Å²) in [6, 6.07) is 22.0. The highest BCUT2D eigenvalue weighted by molar-refractivity contribution is 6.31. The van der Waals surface area contributed by atoms with E-state index in [0.29, 0.717) is 35.1 Å². The third-order valence-electron chi connectivity index (χ3n) is 4.93. The van der Waals surface area contributed by atoms with Gasteiger partial charge >= 0.3 is 0 Å². The van der Waals surface area contributed by atoms with Gasteiger partial charge in [0.05, 0.1) is 5.56 Å². The number of anilines is 2. The molecular formula is C24H21ClN2O3. The van der Waals surface area contributed by atoms with Gasteiger partial charge in [0.1, 0.15) is 12.4 Å². The second kappa shape index (κ2) is 9.01. The quantitative estimate of drug-likeness (QED) is 0.588. The fourth-order valence-corrected chi connectivity index (χ4v) is 3.56. The lowest BCUT2D eigenvalue weighted by atomic mass is 10.1. The first-order valence-electron chi connectivity index (χ1n) is 9.78. The molecule has 0 saturated carbocycles. The topological polar surface area (TPSA) is 58.6 Å². The maximum atomic E-state index is 12.9.